The Morgan fingerprint density at radius 1 is 1.28 bits per heavy atom. The van der Waals surface area contributed by atoms with E-state index in [0.717, 1.165) is 23.4 Å². The van der Waals surface area contributed by atoms with Gasteiger partial charge in [0.05, 0.1) is 28.5 Å². The van der Waals surface area contributed by atoms with Crippen LogP contribution in [0.25, 0.3) is 11.0 Å². The van der Waals surface area contributed by atoms with Crippen LogP contribution in [0.3, 0.4) is 0 Å². The molecule has 0 spiro atoms. The van der Waals surface area contributed by atoms with Gasteiger partial charge in [-0.2, -0.15) is 11.3 Å². The van der Waals surface area contributed by atoms with Crippen LogP contribution in [0, 0.1) is 0 Å². The molecular formula is C13H10Cl2N2S. The second-order valence-electron chi connectivity index (χ2n) is 3.99. The molecule has 92 valence electrons. The van der Waals surface area contributed by atoms with E-state index in [1.165, 1.54) is 5.56 Å². The standard InChI is InChI=1S/C13H10Cl2N2S/c14-6-12-16-11-3-1-2-10(15)13(11)17(12)7-9-4-5-18-8-9/h1-5,8H,6-7H2. The van der Waals surface area contributed by atoms with Crippen molar-refractivity contribution in [2.24, 2.45) is 0 Å². The number of para-hydroxylation sites is 1. The molecular weight excluding hydrogens is 287 g/mol. The lowest BCUT2D eigenvalue weighted by Gasteiger charge is -2.07. The summed E-state index contributed by atoms with van der Waals surface area (Å²) in [5, 5.41) is 4.91. The summed E-state index contributed by atoms with van der Waals surface area (Å²) in [6.07, 6.45) is 0. The highest BCUT2D eigenvalue weighted by molar-refractivity contribution is 7.07. The molecule has 2 heterocycles. The van der Waals surface area contributed by atoms with Crippen molar-refractivity contribution in [3.8, 4) is 0 Å². The second kappa shape index (κ2) is 4.92. The van der Waals surface area contributed by atoms with E-state index in [0.29, 0.717) is 10.9 Å². The molecule has 2 nitrogen and oxygen atoms in total. The van der Waals surface area contributed by atoms with Gasteiger partial charge >= 0.3 is 0 Å². The highest BCUT2D eigenvalue weighted by atomic mass is 35.5. The maximum Gasteiger partial charge on any atom is 0.125 e. The molecule has 0 aliphatic heterocycles. The number of hydrogen-bond acceptors (Lipinski definition) is 2. The van der Waals surface area contributed by atoms with Crippen LogP contribution in [-0.2, 0) is 12.4 Å². The van der Waals surface area contributed by atoms with Crippen LogP contribution >= 0.6 is 34.5 Å². The summed E-state index contributed by atoms with van der Waals surface area (Å²) in [7, 11) is 0. The Morgan fingerprint density at radius 3 is 2.89 bits per heavy atom. The largest absolute Gasteiger partial charge is 0.321 e. The molecule has 18 heavy (non-hydrogen) atoms. The molecule has 0 bridgehead atoms. The highest BCUT2D eigenvalue weighted by Gasteiger charge is 2.12. The average molecular weight is 297 g/mol. The third-order valence-electron chi connectivity index (χ3n) is 2.84. The van der Waals surface area contributed by atoms with Gasteiger partial charge in [-0.1, -0.05) is 17.7 Å². The van der Waals surface area contributed by atoms with Crippen molar-refractivity contribution in [2.75, 3.05) is 0 Å². The highest BCUT2D eigenvalue weighted by Crippen LogP contribution is 2.26. The van der Waals surface area contributed by atoms with Crippen LogP contribution in [0.2, 0.25) is 5.02 Å². The molecule has 0 fully saturated rings. The van der Waals surface area contributed by atoms with Crippen LogP contribution in [0.4, 0.5) is 0 Å². The van der Waals surface area contributed by atoms with Crippen molar-refractivity contribution in [2.45, 2.75) is 12.4 Å². The quantitative estimate of drug-likeness (QED) is 0.649. The number of thiophene rings is 1. The molecule has 5 heteroatoms. The summed E-state index contributed by atoms with van der Waals surface area (Å²) in [4.78, 5) is 4.52. The molecule has 0 atom stereocenters. The van der Waals surface area contributed by atoms with Crippen LogP contribution < -0.4 is 0 Å². The van der Waals surface area contributed by atoms with Gasteiger partial charge in [-0.05, 0) is 34.5 Å². The molecule has 3 aromatic rings. The monoisotopic (exact) mass is 296 g/mol. The molecule has 0 aliphatic rings. The van der Waals surface area contributed by atoms with Gasteiger partial charge in [0.25, 0.3) is 0 Å². The van der Waals surface area contributed by atoms with Crippen molar-refractivity contribution in [1.82, 2.24) is 9.55 Å². The van der Waals surface area contributed by atoms with Gasteiger partial charge in [0, 0.05) is 0 Å². The Hall–Kier alpha value is -1.03. The van der Waals surface area contributed by atoms with Gasteiger partial charge in [-0.15, -0.1) is 11.6 Å². The number of rotatable bonds is 3. The lowest BCUT2D eigenvalue weighted by molar-refractivity contribution is 0.781. The zero-order valence-corrected chi connectivity index (χ0v) is 11.8. The molecule has 0 aliphatic carbocycles. The summed E-state index contributed by atoms with van der Waals surface area (Å²) in [5.41, 5.74) is 3.10. The van der Waals surface area contributed by atoms with E-state index < -0.39 is 0 Å². The number of aromatic nitrogens is 2. The molecule has 3 rings (SSSR count). The molecule has 0 unspecified atom stereocenters. The number of fused-ring (bicyclic) bond motifs is 1. The van der Waals surface area contributed by atoms with E-state index in [4.69, 9.17) is 23.2 Å². The number of benzene rings is 1. The summed E-state index contributed by atoms with van der Waals surface area (Å²) >= 11 is 13.9. The molecule has 0 N–H and O–H groups in total. The molecule has 2 aromatic heterocycles. The minimum atomic E-state index is 0.384. The molecule has 0 amide bonds. The van der Waals surface area contributed by atoms with Crippen molar-refractivity contribution in [1.29, 1.82) is 0 Å². The minimum Gasteiger partial charge on any atom is -0.321 e. The predicted molar refractivity (Wildman–Crippen MR) is 77.7 cm³/mol. The second-order valence-corrected chi connectivity index (χ2v) is 5.44. The van der Waals surface area contributed by atoms with E-state index in [-0.39, 0.29) is 0 Å². The maximum atomic E-state index is 6.27. The molecule has 1 aromatic carbocycles. The minimum absolute atomic E-state index is 0.384. The first-order chi connectivity index (χ1) is 8.79. The lowest BCUT2D eigenvalue weighted by Crippen LogP contribution is -2.03. The van der Waals surface area contributed by atoms with Gasteiger partial charge in [0.15, 0.2) is 0 Å². The number of imidazole rings is 1. The fourth-order valence-corrected chi connectivity index (χ4v) is 3.16. The topological polar surface area (TPSA) is 17.8 Å². The summed E-state index contributed by atoms with van der Waals surface area (Å²) < 4.78 is 2.09. The summed E-state index contributed by atoms with van der Waals surface area (Å²) in [6.45, 7) is 0.756. The molecule has 0 radical (unpaired) electrons. The number of hydrogen-bond donors (Lipinski definition) is 0. The third-order valence-corrected chi connectivity index (χ3v) is 4.11. The van der Waals surface area contributed by atoms with Gasteiger partial charge in [-0.3, -0.25) is 0 Å². The van der Waals surface area contributed by atoms with E-state index in [9.17, 15) is 0 Å². The zero-order chi connectivity index (χ0) is 12.5. The van der Waals surface area contributed by atoms with Gasteiger partial charge < -0.3 is 4.57 Å². The SMILES string of the molecule is ClCc1nc2cccc(Cl)c2n1Cc1ccsc1. The Balaban J connectivity index is 2.19. The lowest BCUT2D eigenvalue weighted by atomic mass is 10.3. The first-order valence-corrected chi connectivity index (χ1v) is 7.36. The summed E-state index contributed by atoms with van der Waals surface area (Å²) in [5.74, 6) is 1.24. The van der Waals surface area contributed by atoms with E-state index >= 15 is 0 Å². The number of alkyl halides is 1. The Bertz CT molecular complexity index is 674. The van der Waals surface area contributed by atoms with E-state index in [1.54, 1.807) is 11.3 Å². The maximum absolute atomic E-state index is 6.27. The van der Waals surface area contributed by atoms with Gasteiger partial charge in [0.1, 0.15) is 5.82 Å². The molecule has 0 saturated carbocycles. The number of nitrogens with zero attached hydrogens (tertiary/aromatic N) is 2. The van der Waals surface area contributed by atoms with Crippen LogP contribution in [0.5, 0.6) is 0 Å². The fraction of sp³-hybridized carbons (Fsp3) is 0.154. The van der Waals surface area contributed by atoms with E-state index in [1.807, 2.05) is 18.2 Å². The zero-order valence-electron chi connectivity index (χ0n) is 9.44. The Kier molecular flexibility index (Phi) is 3.29. The summed E-state index contributed by atoms with van der Waals surface area (Å²) in [6, 6.07) is 7.85. The van der Waals surface area contributed by atoms with Gasteiger partial charge in [0.2, 0.25) is 0 Å². The first-order valence-electron chi connectivity index (χ1n) is 5.50. The fourth-order valence-electron chi connectivity index (χ4n) is 2.03. The van der Waals surface area contributed by atoms with Crippen molar-refractivity contribution >= 4 is 45.6 Å². The Morgan fingerprint density at radius 2 is 2.17 bits per heavy atom. The average Bonchev–Trinajstić information content (AvgIpc) is 2.98. The molecule has 0 saturated heterocycles. The third kappa shape index (κ3) is 2.03. The van der Waals surface area contributed by atoms with Gasteiger partial charge in [-0.25, -0.2) is 4.98 Å². The Labute approximate surface area is 119 Å². The number of halogens is 2. The first kappa shape index (κ1) is 12.0. The predicted octanol–water partition coefficient (Wildman–Crippen LogP) is 4.54. The van der Waals surface area contributed by atoms with Crippen LogP contribution in [0.1, 0.15) is 11.4 Å². The smallest absolute Gasteiger partial charge is 0.125 e. The van der Waals surface area contributed by atoms with Crippen LogP contribution in [0.15, 0.2) is 35.0 Å². The van der Waals surface area contributed by atoms with Crippen molar-refractivity contribution < 1.29 is 0 Å². The van der Waals surface area contributed by atoms with Crippen LogP contribution in [-0.4, -0.2) is 9.55 Å². The van der Waals surface area contributed by atoms with Crippen molar-refractivity contribution in [3.63, 3.8) is 0 Å². The van der Waals surface area contributed by atoms with Crippen molar-refractivity contribution in [3.05, 3.63) is 51.4 Å². The normalized spacial score (nSPS) is 11.2. The van der Waals surface area contributed by atoms with E-state index in [2.05, 4.69) is 26.4 Å².